The van der Waals surface area contributed by atoms with Gasteiger partial charge in [0.15, 0.2) is 16.4 Å². The molecule has 0 saturated carbocycles. The zero-order chi connectivity index (χ0) is 17.9. The number of thioether (sulfide) groups is 1. The molecular weight excluding hydrogens is 376 g/mol. The summed E-state index contributed by atoms with van der Waals surface area (Å²) in [6.07, 6.45) is 0.771. The second-order valence-corrected chi connectivity index (χ2v) is 8.01. The van der Waals surface area contributed by atoms with E-state index in [-0.39, 0.29) is 18.6 Å². The van der Waals surface area contributed by atoms with Gasteiger partial charge in [0.05, 0.1) is 5.69 Å². The zero-order valence-corrected chi connectivity index (χ0v) is 15.0. The average molecular weight is 389 g/mol. The van der Waals surface area contributed by atoms with Gasteiger partial charge < -0.3 is 14.8 Å². The van der Waals surface area contributed by atoms with E-state index in [9.17, 15) is 9.59 Å². The van der Waals surface area contributed by atoms with Gasteiger partial charge >= 0.3 is 0 Å². The smallest absolute Gasteiger partial charge is 0.261 e. The van der Waals surface area contributed by atoms with Crippen molar-refractivity contribution in [3.05, 3.63) is 41.4 Å². The molecular formula is C18H13ClN2O4S. The van der Waals surface area contributed by atoms with E-state index >= 15 is 0 Å². The predicted octanol–water partition coefficient (Wildman–Crippen LogP) is 3.64. The van der Waals surface area contributed by atoms with Gasteiger partial charge in [0, 0.05) is 28.1 Å². The van der Waals surface area contributed by atoms with Crippen molar-refractivity contribution in [1.29, 1.82) is 0 Å². The number of nitrogens with one attached hydrogen (secondary N) is 1. The summed E-state index contributed by atoms with van der Waals surface area (Å²) in [5.74, 6) is 0.934. The summed E-state index contributed by atoms with van der Waals surface area (Å²) in [5, 5.41) is 3.46. The summed E-state index contributed by atoms with van der Waals surface area (Å²) in [4.78, 5) is 27.2. The van der Waals surface area contributed by atoms with Gasteiger partial charge in [0.1, 0.15) is 0 Å². The topological polar surface area (TPSA) is 67.9 Å². The van der Waals surface area contributed by atoms with Gasteiger partial charge in [-0.25, -0.2) is 0 Å². The Balaban J connectivity index is 1.48. The van der Waals surface area contributed by atoms with Crippen LogP contribution in [-0.4, -0.2) is 23.5 Å². The summed E-state index contributed by atoms with van der Waals surface area (Å²) < 4.78 is 10.6. The maximum Gasteiger partial charge on any atom is 0.261 e. The zero-order valence-electron chi connectivity index (χ0n) is 13.5. The SMILES string of the molecule is O=C1CC[C@]2(C(=O)Nc3ccc4c(c3)OCO4)Sc3ccc(Cl)cc3N12. The number of carbonyl (C=O) groups excluding carboxylic acids is 2. The fourth-order valence-corrected chi connectivity index (χ4v) is 5.09. The van der Waals surface area contributed by atoms with Gasteiger partial charge in [-0.2, -0.15) is 0 Å². The molecule has 6 nitrogen and oxygen atoms in total. The van der Waals surface area contributed by atoms with Crippen molar-refractivity contribution in [3.63, 3.8) is 0 Å². The Bertz CT molecular complexity index is 966. The summed E-state index contributed by atoms with van der Waals surface area (Å²) in [7, 11) is 0. The first-order valence-corrected chi connectivity index (χ1v) is 9.29. The minimum absolute atomic E-state index is 0.0700. The van der Waals surface area contributed by atoms with Crippen LogP contribution in [0.1, 0.15) is 12.8 Å². The van der Waals surface area contributed by atoms with Crippen LogP contribution < -0.4 is 19.7 Å². The van der Waals surface area contributed by atoms with Crippen LogP contribution in [0.5, 0.6) is 11.5 Å². The molecule has 0 aliphatic carbocycles. The largest absolute Gasteiger partial charge is 0.454 e. The number of fused-ring (bicyclic) bond motifs is 4. The molecule has 2 amide bonds. The molecule has 2 aromatic rings. The Kier molecular flexibility index (Phi) is 3.39. The van der Waals surface area contributed by atoms with E-state index in [1.807, 2.05) is 6.07 Å². The van der Waals surface area contributed by atoms with E-state index < -0.39 is 4.87 Å². The average Bonchev–Trinajstić information content (AvgIpc) is 3.29. The molecule has 3 aliphatic rings. The summed E-state index contributed by atoms with van der Waals surface area (Å²) in [6, 6.07) is 10.6. The van der Waals surface area contributed by atoms with Crippen LogP contribution in [0.2, 0.25) is 5.02 Å². The standard InChI is InChI=1S/C18H13ClN2O4S/c19-10-1-4-15-12(7-10)21-16(22)5-6-18(21,26-15)17(23)20-11-2-3-13-14(8-11)25-9-24-13/h1-4,7-8H,5-6,9H2,(H,20,23)/t18-/m1/s1. The van der Waals surface area contributed by atoms with Gasteiger partial charge in [0.2, 0.25) is 12.7 Å². The van der Waals surface area contributed by atoms with Gasteiger partial charge in [0.25, 0.3) is 5.91 Å². The third kappa shape index (κ3) is 2.20. The van der Waals surface area contributed by atoms with Gasteiger partial charge in [-0.3, -0.25) is 14.5 Å². The van der Waals surface area contributed by atoms with Crippen molar-refractivity contribution in [1.82, 2.24) is 0 Å². The lowest BCUT2D eigenvalue weighted by Gasteiger charge is -2.29. The number of hydrogen-bond donors (Lipinski definition) is 1. The maximum absolute atomic E-state index is 13.2. The van der Waals surface area contributed by atoms with Crippen molar-refractivity contribution in [3.8, 4) is 11.5 Å². The van der Waals surface area contributed by atoms with Crippen molar-refractivity contribution in [2.75, 3.05) is 17.0 Å². The van der Waals surface area contributed by atoms with Crippen molar-refractivity contribution < 1.29 is 19.1 Å². The Labute approximate surface area is 158 Å². The highest BCUT2D eigenvalue weighted by Gasteiger charge is 2.57. The summed E-state index contributed by atoms with van der Waals surface area (Å²) >= 11 is 7.49. The number of carbonyl (C=O) groups is 2. The summed E-state index contributed by atoms with van der Waals surface area (Å²) in [5.41, 5.74) is 1.30. The molecule has 0 radical (unpaired) electrons. The van der Waals surface area contributed by atoms with E-state index in [1.54, 1.807) is 35.2 Å². The Morgan fingerprint density at radius 1 is 1.19 bits per heavy atom. The number of ether oxygens (including phenoxy) is 2. The van der Waals surface area contributed by atoms with Crippen LogP contribution in [0.4, 0.5) is 11.4 Å². The number of anilines is 2. The van der Waals surface area contributed by atoms with Crippen LogP contribution in [-0.2, 0) is 9.59 Å². The molecule has 2 aromatic carbocycles. The van der Waals surface area contributed by atoms with Crippen LogP contribution in [0.15, 0.2) is 41.3 Å². The van der Waals surface area contributed by atoms with Crippen LogP contribution >= 0.6 is 23.4 Å². The van der Waals surface area contributed by atoms with Crippen LogP contribution in [0, 0.1) is 0 Å². The highest BCUT2D eigenvalue weighted by atomic mass is 35.5. The molecule has 1 atom stereocenters. The quantitative estimate of drug-likeness (QED) is 0.850. The first-order chi connectivity index (χ1) is 12.6. The Morgan fingerprint density at radius 3 is 2.92 bits per heavy atom. The second-order valence-electron chi connectivity index (χ2n) is 6.25. The highest BCUT2D eigenvalue weighted by molar-refractivity contribution is 8.02. The van der Waals surface area contributed by atoms with E-state index in [2.05, 4.69) is 5.32 Å². The van der Waals surface area contributed by atoms with Gasteiger partial charge in [-0.1, -0.05) is 23.4 Å². The molecule has 0 aromatic heterocycles. The van der Waals surface area contributed by atoms with E-state index in [0.29, 0.717) is 40.7 Å². The third-order valence-corrected chi connectivity index (χ3v) is 6.42. The highest BCUT2D eigenvalue weighted by Crippen LogP contribution is 2.56. The molecule has 5 rings (SSSR count). The molecule has 3 heterocycles. The number of hydrogen-bond acceptors (Lipinski definition) is 5. The molecule has 1 fully saturated rings. The molecule has 0 unspecified atom stereocenters. The molecule has 8 heteroatoms. The van der Waals surface area contributed by atoms with Crippen LogP contribution in [0.25, 0.3) is 0 Å². The van der Waals surface area contributed by atoms with Crippen molar-refractivity contribution in [2.24, 2.45) is 0 Å². The third-order valence-electron chi connectivity index (χ3n) is 4.71. The number of benzene rings is 2. The number of halogens is 1. The van der Waals surface area contributed by atoms with E-state index in [0.717, 1.165) is 4.90 Å². The minimum atomic E-state index is -0.986. The Hall–Kier alpha value is -2.38. The van der Waals surface area contributed by atoms with Crippen molar-refractivity contribution in [2.45, 2.75) is 22.6 Å². The monoisotopic (exact) mass is 388 g/mol. The van der Waals surface area contributed by atoms with E-state index in [1.165, 1.54) is 11.8 Å². The lowest BCUT2D eigenvalue weighted by molar-refractivity contribution is -0.121. The van der Waals surface area contributed by atoms with Gasteiger partial charge in [-0.15, -0.1) is 0 Å². The lowest BCUT2D eigenvalue weighted by Crippen LogP contribution is -2.49. The molecule has 132 valence electrons. The molecule has 26 heavy (non-hydrogen) atoms. The Morgan fingerprint density at radius 2 is 2.04 bits per heavy atom. The fraction of sp³-hybridized carbons (Fsp3) is 0.222. The number of rotatable bonds is 2. The number of amides is 2. The predicted molar refractivity (Wildman–Crippen MR) is 98.0 cm³/mol. The maximum atomic E-state index is 13.2. The summed E-state index contributed by atoms with van der Waals surface area (Å²) in [6.45, 7) is 0.171. The minimum Gasteiger partial charge on any atom is -0.454 e. The normalized spacial score (nSPS) is 22.3. The first-order valence-electron chi connectivity index (χ1n) is 8.10. The molecule has 0 bridgehead atoms. The molecule has 1 saturated heterocycles. The molecule has 3 aliphatic heterocycles. The number of nitrogens with zero attached hydrogens (tertiary/aromatic N) is 1. The fourth-order valence-electron chi connectivity index (χ4n) is 3.52. The van der Waals surface area contributed by atoms with Gasteiger partial charge in [-0.05, 0) is 36.8 Å². The van der Waals surface area contributed by atoms with E-state index in [4.69, 9.17) is 21.1 Å². The molecule has 0 spiro atoms. The molecule has 1 N–H and O–H groups in total. The van der Waals surface area contributed by atoms with Crippen LogP contribution in [0.3, 0.4) is 0 Å². The first kappa shape index (κ1) is 15.8. The van der Waals surface area contributed by atoms with Crippen molar-refractivity contribution >= 4 is 46.6 Å². The lowest BCUT2D eigenvalue weighted by atomic mass is 10.1. The second kappa shape index (κ2) is 5.56.